The van der Waals surface area contributed by atoms with Gasteiger partial charge in [-0.05, 0) is 18.6 Å². The van der Waals surface area contributed by atoms with E-state index in [2.05, 4.69) is 15.3 Å². The molecule has 1 heterocycles. The molecule has 2 rings (SSSR count). The van der Waals surface area contributed by atoms with E-state index in [9.17, 15) is 10.1 Å². The lowest BCUT2D eigenvalue weighted by Gasteiger charge is -2.08. The fourth-order valence-electron chi connectivity index (χ4n) is 1.50. The number of nitrogens with one attached hydrogen (secondary N) is 1. The van der Waals surface area contributed by atoms with E-state index in [1.165, 1.54) is 12.3 Å². The van der Waals surface area contributed by atoms with Crippen LogP contribution in [0.2, 0.25) is 5.02 Å². The first kappa shape index (κ1) is 14.0. The monoisotopic (exact) mass is 294 g/mol. The van der Waals surface area contributed by atoms with Crippen LogP contribution in [0.5, 0.6) is 11.6 Å². The molecule has 0 amide bonds. The van der Waals surface area contributed by atoms with Gasteiger partial charge in [-0.25, -0.2) is 4.98 Å². The summed E-state index contributed by atoms with van der Waals surface area (Å²) in [6.45, 7) is 1.80. The van der Waals surface area contributed by atoms with Crippen LogP contribution < -0.4 is 10.1 Å². The molecule has 7 nitrogen and oxygen atoms in total. The number of nitro benzene ring substituents is 1. The number of hydrogen-bond donors (Lipinski definition) is 1. The normalized spacial score (nSPS) is 10.2. The highest BCUT2D eigenvalue weighted by Crippen LogP contribution is 2.34. The minimum absolute atomic E-state index is 0.0553. The molecular weight excluding hydrogens is 284 g/mol. The van der Waals surface area contributed by atoms with Crippen molar-refractivity contribution in [2.45, 2.75) is 6.92 Å². The van der Waals surface area contributed by atoms with E-state index in [4.69, 9.17) is 16.3 Å². The van der Waals surface area contributed by atoms with Crippen LogP contribution in [0.15, 0.2) is 24.4 Å². The Bertz CT molecular complexity index is 663. The van der Waals surface area contributed by atoms with Gasteiger partial charge in [-0.1, -0.05) is 17.7 Å². The summed E-state index contributed by atoms with van der Waals surface area (Å²) in [6, 6.07) is 4.56. The molecule has 104 valence electrons. The van der Waals surface area contributed by atoms with Crippen molar-refractivity contribution in [3.05, 3.63) is 45.1 Å². The number of nitrogens with zero attached hydrogens (tertiary/aromatic N) is 3. The predicted octanol–water partition coefficient (Wildman–Crippen LogP) is 3.18. The molecule has 0 aliphatic rings. The average Bonchev–Trinajstić information content (AvgIpc) is 2.41. The fraction of sp³-hybridized carbons (Fsp3) is 0.167. The predicted molar refractivity (Wildman–Crippen MR) is 74.5 cm³/mol. The average molecular weight is 295 g/mol. The van der Waals surface area contributed by atoms with Crippen molar-refractivity contribution in [3.63, 3.8) is 0 Å². The number of rotatable bonds is 4. The number of halogens is 1. The standard InChI is InChI=1S/C12H11ClN4O3/c1-7-3-4-9(17(18)19)10(5-7)20-11-8(13)6-15-12(14-2)16-11/h3-6H,1-2H3,(H,14,15,16). The van der Waals surface area contributed by atoms with E-state index >= 15 is 0 Å². The number of benzene rings is 1. The van der Waals surface area contributed by atoms with Crippen LogP contribution in [-0.4, -0.2) is 21.9 Å². The SMILES string of the molecule is CNc1ncc(Cl)c(Oc2cc(C)ccc2[N+](=O)[O-])n1. The molecule has 8 heteroatoms. The molecule has 0 fully saturated rings. The summed E-state index contributed by atoms with van der Waals surface area (Å²) in [6.07, 6.45) is 1.36. The first-order valence-electron chi connectivity index (χ1n) is 5.64. The van der Waals surface area contributed by atoms with E-state index in [0.717, 1.165) is 5.56 Å². The van der Waals surface area contributed by atoms with E-state index in [-0.39, 0.29) is 22.3 Å². The van der Waals surface area contributed by atoms with Crippen molar-refractivity contribution in [1.29, 1.82) is 0 Å². The van der Waals surface area contributed by atoms with Crippen molar-refractivity contribution < 1.29 is 9.66 Å². The second-order valence-electron chi connectivity index (χ2n) is 3.93. The molecular formula is C12H11ClN4O3. The number of hydrogen-bond acceptors (Lipinski definition) is 6. The Morgan fingerprint density at radius 1 is 1.45 bits per heavy atom. The van der Waals surface area contributed by atoms with Gasteiger partial charge in [0.15, 0.2) is 0 Å². The molecule has 1 N–H and O–H groups in total. The summed E-state index contributed by atoms with van der Waals surface area (Å²) in [5.74, 6) is 0.442. The van der Waals surface area contributed by atoms with Gasteiger partial charge in [0.05, 0.1) is 11.1 Å². The Morgan fingerprint density at radius 3 is 2.85 bits per heavy atom. The van der Waals surface area contributed by atoms with Gasteiger partial charge >= 0.3 is 5.69 Å². The first-order chi connectivity index (χ1) is 9.51. The van der Waals surface area contributed by atoms with Crippen molar-refractivity contribution >= 4 is 23.2 Å². The summed E-state index contributed by atoms with van der Waals surface area (Å²) in [5, 5.41) is 13.9. The molecule has 0 spiro atoms. The Balaban J connectivity index is 2.43. The summed E-state index contributed by atoms with van der Waals surface area (Å²) < 4.78 is 5.46. The molecule has 0 atom stereocenters. The second-order valence-corrected chi connectivity index (χ2v) is 4.33. The highest BCUT2D eigenvalue weighted by Gasteiger charge is 2.18. The number of aromatic nitrogens is 2. The second kappa shape index (κ2) is 5.70. The highest BCUT2D eigenvalue weighted by molar-refractivity contribution is 6.31. The number of anilines is 1. The fourth-order valence-corrected chi connectivity index (χ4v) is 1.63. The van der Waals surface area contributed by atoms with E-state index in [1.54, 1.807) is 26.1 Å². The van der Waals surface area contributed by atoms with Gasteiger partial charge in [-0.3, -0.25) is 10.1 Å². The number of ether oxygens (including phenoxy) is 1. The third kappa shape index (κ3) is 2.94. The van der Waals surface area contributed by atoms with Gasteiger partial charge in [0.2, 0.25) is 17.6 Å². The van der Waals surface area contributed by atoms with Crippen LogP contribution >= 0.6 is 11.6 Å². The molecule has 0 aliphatic heterocycles. The van der Waals surface area contributed by atoms with Crippen molar-refractivity contribution in [3.8, 4) is 11.6 Å². The molecule has 20 heavy (non-hydrogen) atoms. The van der Waals surface area contributed by atoms with Crippen LogP contribution in [0.3, 0.4) is 0 Å². The number of aryl methyl sites for hydroxylation is 1. The van der Waals surface area contributed by atoms with Crippen molar-refractivity contribution in [2.24, 2.45) is 0 Å². The molecule has 2 aromatic rings. The summed E-state index contributed by atoms with van der Waals surface area (Å²) in [7, 11) is 1.64. The minimum Gasteiger partial charge on any atom is -0.430 e. The lowest BCUT2D eigenvalue weighted by molar-refractivity contribution is -0.385. The van der Waals surface area contributed by atoms with E-state index in [0.29, 0.717) is 5.95 Å². The van der Waals surface area contributed by atoms with Gasteiger partial charge in [0, 0.05) is 13.1 Å². The third-order valence-electron chi connectivity index (χ3n) is 2.45. The molecule has 0 bridgehead atoms. The maximum atomic E-state index is 11.0. The van der Waals surface area contributed by atoms with Gasteiger partial charge < -0.3 is 10.1 Å². The Hall–Kier alpha value is -2.41. The maximum Gasteiger partial charge on any atom is 0.311 e. The maximum absolute atomic E-state index is 11.0. The minimum atomic E-state index is -0.525. The Labute approximate surface area is 119 Å². The zero-order valence-electron chi connectivity index (χ0n) is 10.8. The van der Waals surface area contributed by atoms with Gasteiger partial charge in [0.25, 0.3) is 0 Å². The lowest BCUT2D eigenvalue weighted by atomic mass is 10.2. The van der Waals surface area contributed by atoms with Crippen LogP contribution in [0.1, 0.15) is 5.56 Å². The van der Waals surface area contributed by atoms with Crippen LogP contribution in [-0.2, 0) is 0 Å². The summed E-state index contributed by atoms with van der Waals surface area (Å²) in [5.41, 5.74) is 0.668. The lowest BCUT2D eigenvalue weighted by Crippen LogP contribution is -2.00. The largest absolute Gasteiger partial charge is 0.430 e. The highest BCUT2D eigenvalue weighted by atomic mass is 35.5. The van der Waals surface area contributed by atoms with E-state index < -0.39 is 4.92 Å². The molecule has 0 radical (unpaired) electrons. The van der Waals surface area contributed by atoms with Crippen molar-refractivity contribution in [2.75, 3.05) is 12.4 Å². The molecule has 0 aliphatic carbocycles. The van der Waals surface area contributed by atoms with Gasteiger partial charge in [0.1, 0.15) is 5.02 Å². The summed E-state index contributed by atoms with van der Waals surface area (Å²) >= 11 is 5.93. The quantitative estimate of drug-likeness (QED) is 0.688. The van der Waals surface area contributed by atoms with Gasteiger partial charge in [-0.15, -0.1) is 0 Å². The number of nitro groups is 1. The molecule has 0 unspecified atom stereocenters. The first-order valence-corrected chi connectivity index (χ1v) is 6.02. The summed E-state index contributed by atoms with van der Waals surface area (Å²) in [4.78, 5) is 18.4. The van der Waals surface area contributed by atoms with Gasteiger partial charge in [-0.2, -0.15) is 4.98 Å². The Morgan fingerprint density at radius 2 is 2.20 bits per heavy atom. The molecule has 1 aromatic carbocycles. The van der Waals surface area contributed by atoms with Crippen LogP contribution in [0.4, 0.5) is 11.6 Å². The topological polar surface area (TPSA) is 90.2 Å². The van der Waals surface area contributed by atoms with Crippen molar-refractivity contribution in [1.82, 2.24) is 9.97 Å². The Kier molecular flexibility index (Phi) is 3.99. The smallest absolute Gasteiger partial charge is 0.311 e. The van der Waals surface area contributed by atoms with Crippen LogP contribution in [0, 0.1) is 17.0 Å². The third-order valence-corrected chi connectivity index (χ3v) is 2.71. The zero-order valence-corrected chi connectivity index (χ0v) is 11.5. The van der Waals surface area contributed by atoms with Crippen LogP contribution in [0.25, 0.3) is 0 Å². The zero-order chi connectivity index (χ0) is 14.7. The molecule has 1 aromatic heterocycles. The molecule has 0 saturated carbocycles. The van der Waals surface area contributed by atoms with E-state index in [1.807, 2.05) is 0 Å². The molecule has 0 saturated heterocycles.